The first-order chi connectivity index (χ1) is 14.2. The van der Waals surface area contributed by atoms with E-state index in [1.807, 2.05) is 66.0 Å². The van der Waals surface area contributed by atoms with Gasteiger partial charge in [-0.1, -0.05) is 48.5 Å². The SMILES string of the molecule is O=C(NC(Cc1ccccc1)C(=O)Nc1cccc2cnccc12)c1cccs1. The number of amides is 2. The van der Waals surface area contributed by atoms with Crippen molar-refractivity contribution in [2.75, 3.05) is 5.32 Å². The minimum atomic E-state index is -0.705. The lowest BCUT2D eigenvalue weighted by Crippen LogP contribution is -2.45. The average molecular weight is 401 g/mol. The molecule has 2 aromatic carbocycles. The van der Waals surface area contributed by atoms with E-state index in [9.17, 15) is 9.59 Å². The Labute approximate surface area is 172 Å². The summed E-state index contributed by atoms with van der Waals surface area (Å²) in [5, 5.41) is 9.54. The van der Waals surface area contributed by atoms with Crippen LogP contribution in [0.2, 0.25) is 0 Å². The van der Waals surface area contributed by atoms with E-state index < -0.39 is 6.04 Å². The molecular weight excluding hydrogens is 382 g/mol. The van der Waals surface area contributed by atoms with E-state index >= 15 is 0 Å². The molecule has 4 aromatic rings. The summed E-state index contributed by atoms with van der Waals surface area (Å²) in [4.78, 5) is 30.4. The predicted octanol–water partition coefficient (Wildman–Crippen LogP) is 4.28. The maximum Gasteiger partial charge on any atom is 0.262 e. The summed E-state index contributed by atoms with van der Waals surface area (Å²) in [6, 6.07) is 20.0. The number of nitrogens with zero attached hydrogens (tertiary/aromatic N) is 1. The Morgan fingerprint density at radius 1 is 0.966 bits per heavy atom. The van der Waals surface area contributed by atoms with E-state index in [0.717, 1.165) is 16.3 Å². The maximum absolute atomic E-state index is 13.1. The number of aromatic nitrogens is 1. The fraction of sp³-hybridized carbons (Fsp3) is 0.0870. The highest BCUT2D eigenvalue weighted by Gasteiger charge is 2.23. The summed E-state index contributed by atoms with van der Waals surface area (Å²) < 4.78 is 0. The van der Waals surface area contributed by atoms with Gasteiger partial charge >= 0.3 is 0 Å². The largest absolute Gasteiger partial charge is 0.339 e. The van der Waals surface area contributed by atoms with Gasteiger partial charge < -0.3 is 10.6 Å². The van der Waals surface area contributed by atoms with Crippen LogP contribution in [-0.2, 0) is 11.2 Å². The molecular formula is C23H19N3O2S. The molecule has 6 heteroatoms. The number of pyridine rings is 1. The lowest BCUT2D eigenvalue weighted by atomic mass is 10.0. The molecule has 0 spiro atoms. The van der Waals surface area contributed by atoms with Gasteiger partial charge in [-0.25, -0.2) is 0 Å². The summed E-state index contributed by atoms with van der Waals surface area (Å²) in [5.41, 5.74) is 1.67. The zero-order chi connectivity index (χ0) is 20.1. The molecule has 0 fully saturated rings. The van der Waals surface area contributed by atoms with Gasteiger partial charge in [0.25, 0.3) is 5.91 Å². The molecule has 5 nitrogen and oxygen atoms in total. The number of anilines is 1. The van der Waals surface area contributed by atoms with E-state index in [1.165, 1.54) is 11.3 Å². The Balaban J connectivity index is 1.58. The third-order valence-corrected chi connectivity index (χ3v) is 5.46. The van der Waals surface area contributed by atoms with Crippen molar-refractivity contribution in [1.82, 2.24) is 10.3 Å². The quantitative estimate of drug-likeness (QED) is 0.507. The Bertz CT molecular complexity index is 1120. The third kappa shape index (κ3) is 4.50. The number of benzene rings is 2. The van der Waals surface area contributed by atoms with Gasteiger partial charge in [0.2, 0.25) is 5.91 Å². The Morgan fingerprint density at radius 2 is 1.83 bits per heavy atom. The molecule has 2 heterocycles. The molecule has 29 heavy (non-hydrogen) atoms. The van der Waals surface area contributed by atoms with Crippen LogP contribution in [0.25, 0.3) is 10.8 Å². The fourth-order valence-corrected chi connectivity index (χ4v) is 3.77. The first-order valence-electron chi connectivity index (χ1n) is 9.22. The van der Waals surface area contributed by atoms with E-state index in [2.05, 4.69) is 15.6 Å². The van der Waals surface area contributed by atoms with Crippen LogP contribution in [0.15, 0.2) is 84.5 Å². The first-order valence-corrected chi connectivity index (χ1v) is 10.1. The molecule has 144 valence electrons. The fourth-order valence-electron chi connectivity index (χ4n) is 3.15. The molecule has 0 aliphatic carbocycles. The minimum Gasteiger partial charge on any atom is -0.339 e. The van der Waals surface area contributed by atoms with Crippen molar-refractivity contribution in [2.24, 2.45) is 0 Å². The Hall–Kier alpha value is -3.51. The summed E-state index contributed by atoms with van der Waals surface area (Å²) in [7, 11) is 0. The first kappa shape index (κ1) is 18.8. The second-order valence-corrected chi connectivity index (χ2v) is 7.53. The number of fused-ring (bicyclic) bond motifs is 1. The molecule has 1 unspecified atom stereocenters. The Morgan fingerprint density at radius 3 is 2.62 bits per heavy atom. The molecule has 0 saturated heterocycles. The zero-order valence-electron chi connectivity index (χ0n) is 15.5. The molecule has 0 aliphatic rings. The summed E-state index contributed by atoms with van der Waals surface area (Å²) >= 11 is 1.35. The minimum absolute atomic E-state index is 0.252. The molecule has 0 bridgehead atoms. The number of hydrogen-bond acceptors (Lipinski definition) is 4. The summed E-state index contributed by atoms with van der Waals surface area (Å²) in [6.45, 7) is 0. The molecule has 0 radical (unpaired) electrons. The van der Waals surface area contributed by atoms with Gasteiger partial charge in [0.1, 0.15) is 6.04 Å². The average Bonchev–Trinajstić information content (AvgIpc) is 3.29. The van der Waals surface area contributed by atoms with Crippen LogP contribution < -0.4 is 10.6 Å². The zero-order valence-corrected chi connectivity index (χ0v) is 16.4. The molecule has 4 rings (SSSR count). The van der Waals surface area contributed by atoms with E-state index in [4.69, 9.17) is 0 Å². The predicted molar refractivity (Wildman–Crippen MR) is 116 cm³/mol. The number of thiophene rings is 1. The van der Waals surface area contributed by atoms with Crippen molar-refractivity contribution in [3.8, 4) is 0 Å². The Kier molecular flexibility index (Phi) is 5.63. The lowest BCUT2D eigenvalue weighted by molar-refractivity contribution is -0.118. The maximum atomic E-state index is 13.1. The van der Waals surface area contributed by atoms with Gasteiger partial charge in [-0.3, -0.25) is 14.6 Å². The van der Waals surface area contributed by atoms with Gasteiger partial charge in [-0.15, -0.1) is 11.3 Å². The molecule has 0 aliphatic heterocycles. The van der Waals surface area contributed by atoms with Crippen LogP contribution in [0.4, 0.5) is 5.69 Å². The van der Waals surface area contributed by atoms with Crippen molar-refractivity contribution < 1.29 is 9.59 Å². The number of rotatable bonds is 6. The topological polar surface area (TPSA) is 71.1 Å². The van der Waals surface area contributed by atoms with Gasteiger partial charge in [0.05, 0.1) is 4.88 Å². The van der Waals surface area contributed by atoms with Crippen molar-refractivity contribution in [1.29, 1.82) is 0 Å². The van der Waals surface area contributed by atoms with Crippen molar-refractivity contribution in [3.63, 3.8) is 0 Å². The summed E-state index contributed by atoms with van der Waals surface area (Å²) in [6.07, 6.45) is 3.85. The molecule has 2 N–H and O–H groups in total. The molecule has 2 aromatic heterocycles. The number of carbonyl (C=O) groups is 2. The van der Waals surface area contributed by atoms with Crippen molar-refractivity contribution in [2.45, 2.75) is 12.5 Å². The van der Waals surface area contributed by atoms with Gasteiger partial charge in [-0.05, 0) is 29.1 Å². The van der Waals surface area contributed by atoms with Gasteiger partial charge in [0.15, 0.2) is 0 Å². The highest BCUT2D eigenvalue weighted by atomic mass is 32.1. The smallest absolute Gasteiger partial charge is 0.262 e. The van der Waals surface area contributed by atoms with E-state index in [-0.39, 0.29) is 11.8 Å². The summed E-state index contributed by atoms with van der Waals surface area (Å²) in [5.74, 6) is -0.513. The van der Waals surface area contributed by atoms with Crippen LogP contribution in [0, 0.1) is 0 Å². The van der Waals surface area contributed by atoms with Gasteiger partial charge in [0, 0.05) is 35.3 Å². The van der Waals surface area contributed by atoms with Crippen LogP contribution in [0.3, 0.4) is 0 Å². The monoisotopic (exact) mass is 401 g/mol. The van der Waals surface area contributed by atoms with Crippen molar-refractivity contribution in [3.05, 3.63) is 94.9 Å². The lowest BCUT2D eigenvalue weighted by Gasteiger charge is -2.19. The van der Waals surface area contributed by atoms with Crippen LogP contribution >= 0.6 is 11.3 Å². The van der Waals surface area contributed by atoms with E-state index in [1.54, 1.807) is 18.5 Å². The molecule has 0 saturated carbocycles. The van der Waals surface area contributed by atoms with Crippen LogP contribution in [-0.4, -0.2) is 22.8 Å². The van der Waals surface area contributed by atoms with E-state index in [0.29, 0.717) is 17.0 Å². The van der Waals surface area contributed by atoms with Gasteiger partial charge in [-0.2, -0.15) is 0 Å². The van der Waals surface area contributed by atoms with Crippen LogP contribution in [0.5, 0.6) is 0 Å². The highest BCUT2D eigenvalue weighted by molar-refractivity contribution is 7.12. The number of hydrogen-bond donors (Lipinski definition) is 2. The van der Waals surface area contributed by atoms with Crippen molar-refractivity contribution >= 4 is 39.6 Å². The second kappa shape index (κ2) is 8.67. The third-order valence-electron chi connectivity index (χ3n) is 4.59. The normalized spacial score (nSPS) is 11.7. The molecule has 2 amide bonds. The number of carbonyl (C=O) groups excluding carboxylic acids is 2. The molecule has 1 atom stereocenters. The second-order valence-electron chi connectivity index (χ2n) is 6.58. The standard InChI is InChI=1S/C23H19N3O2S/c27-22(25-19-9-4-8-17-15-24-12-11-18(17)19)20(14-16-6-2-1-3-7-16)26-23(28)21-10-5-13-29-21/h1-13,15,20H,14H2,(H,25,27)(H,26,28). The van der Waals surface area contributed by atoms with Crippen LogP contribution in [0.1, 0.15) is 15.2 Å². The highest BCUT2D eigenvalue weighted by Crippen LogP contribution is 2.22. The number of nitrogens with one attached hydrogen (secondary N) is 2.